The van der Waals surface area contributed by atoms with Gasteiger partial charge in [-0.3, -0.25) is 4.98 Å². The van der Waals surface area contributed by atoms with Gasteiger partial charge in [0.25, 0.3) is 0 Å². The molecule has 1 aromatic heterocycles. The van der Waals surface area contributed by atoms with E-state index < -0.39 is 0 Å². The first-order chi connectivity index (χ1) is 6.61. The summed E-state index contributed by atoms with van der Waals surface area (Å²) in [6.45, 7) is 4.09. The molecule has 0 spiro atoms. The Bertz CT molecular complexity index is 506. The third-order valence-electron chi connectivity index (χ3n) is 2.42. The second-order valence-electron chi connectivity index (χ2n) is 3.44. The zero-order valence-electron chi connectivity index (χ0n) is 8.13. The predicted octanol–water partition coefficient (Wildman–Crippen LogP) is 3.20. The first-order valence-corrected chi connectivity index (χ1v) is 5.20. The summed E-state index contributed by atoms with van der Waals surface area (Å²) in [6.07, 6.45) is 1.75. The lowest BCUT2D eigenvalue weighted by molar-refractivity contribution is 1.33. The maximum atomic E-state index is 6.00. The molecule has 0 atom stereocenters. The van der Waals surface area contributed by atoms with Crippen molar-refractivity contribution < 1.29 is 0 Å². The van der Waals surface area contributed by atoms with Gasteiger partial charge in [-0.1, -0.05) is 12.1 Å². The van der Waals surface area contributed by atoms with E-state index in [2.05, 4.69) is 33.0 Å². The number of nitrogens with two attached hydrogens (primary N) is 1. The fraction of sp³-hybridized carbons (Fsp3) is 0.182. The van der Waals surface area contributed by atoms with Gasteiger partial charge in [0.1, 0.15) is 0 Å². The summed E-state index contributed by atoms with van der Waals surface area (Å²) in [5, 5.41) is 1.05. The van der Waals surface area contributed by atoms with Crippen molar-refractivity contribution in [2.24, 2.45) is 0 Å². The summed E-state index contributed by atoms with van der Waals surface area (Å²) in [5.74, 6) is 0. The molecular formula is C11H11BrN2. The average Bonchev–Trinajstić information content (AvgIpc) is 2.16. The van der Waals surface area contributed by atoms with Crippen LogP contribution in [0.25, 0.3) is 10.9 Å². The summed E-state index contributed by atoms with van der Waals surface area (Å²) >= 11 is 3.39. The van der Waals surface area contributed by atoms with Gasteiger partial charge in [-0.2, -0.15) is 0 Å². The Morgan fingerprint density at radius 3 is 2.57 bits per heavy atom. The van der Waals surface area contributed by atoms with Crippen LogP contribution in [0.4, 0.5) is 5.69 Å². The van der Waals surface area contributed by atoms with Gasteiger partial charge in [-0.05, 0) is 40.9 Å². The van der Waals surface area contributed by atoms with Crippen LogP contribution in [-0.4, -0.2) is 4.98 Å². The highest BCUT2D eigenvalue weighted by Gasteiger charge is 2.07. The molecule has 0 bridgehead atoms. The Morgan fingerprint density at radius 2 is 1.86 bits per heavy atom. The number of aryl methyl sites for hydroxylation is 2. The number of rotatable bonds is 0. The SMILES string of the molecule is Cc1ccc(C)c2c(N)c(Br)cnc12. The quantitative estimate of drug-likeness (QED) is 0.780. The Hall–Kier alpha value is -1.09. The van der Waals surface area contributed by atoms with Crippen molar-refractivity contribution in [3.8, 4) is 0 Å². The van der Waals surface area contributed by atoms with Crippen molar-refractivity contribution in [3.63, 3.8) is 0 Å². The first kappa shape index (κ1) is 9.46. The lowest BCUT2D eigenvalue weighted by Gasteiger charge is -2.08. The summed E-state index contributed by atoms with van der Waals surface area (Å²) < 4.78 is 0.860. The zero-order chi connectivity index (χ0) is 10.3. The van der Waals surface area contributed by atoms with Gasteiger partial charge in [-0.25, -0.2) is 0 Å². The van der Waals surface area contributed by atoms with E-state index in [-0.39, 0.29) is 0 Å². The molecule has 2 N–H and O–H groups in total. The molecule has 0 radical (unpaired) electrons. The van der Waals surface area contributed by atoms with Crippen LogP contribution in [0, 0.1) is 13.8 Å². The van der Waals surface area contributed by atoms with Gasteiger partial charge < -0.3 is 5.73 Å². The first-order valence-electron chi connectivity index (χ1n) is 4.41. The van der Waals surface area contributed by atoms with E-state index in [4.69, 9.17) is 5.73 Å². The van der Waals surface area contributed by atoms with Crippen molar-refractivity contribution in [3.05, 3.63) is 33.9 Å². The molecule has 0 saturated heterocycles. The largest absolute Gasteiger partial charge is 0.397 e. The van der Waals surface area contributed by atoms with Crippen LogP contribution in [0.2, 0.25) is 0 Å². The number of benzene rings is 1. The lowest BCUT2D eigenvalue weighted by atomic mass is 10.0. The Morgan fingerprint density at radius 1 is 1.21 bits per heavy atom. The van der Waals surface area contributed by atoms with Crippen molar-refractivity contribution in [2.45, 2.75) is 13.8 Å². The molecule has 0 amide bonds. The minimum absolute atomic E-state index is 0.774. The molecule has 0 aliphatic heterocycles. The highest BCUT2D eigenvalue weighted by molar-refractivity contribution is 9.10. The fourth-order valence-corrected chi connectivity index (χ4v) is 1.91. The van der Waals surface area contributed by atoms with Crippen molar-refractivity contribution in [1.29, 1.82) is 0 Å². The molecule has 0 aliphatic rings. The number of anilines is 1. The smallest absolute Gasteiger partial charge is 0.0755 e. The highest BCUT2D eigenvalue weighted by atomic mass is 79.9. The van der Waals surface area contributed by atoms with Crippen LogP contribution in [0.5, 0.6) is 0 Å². The van der Waals surface area contributed by atoms with Crippen LogP contribution >= 0.6 is 15.9 Å². The molecule has 1 aromatic carbocycles. The van der Waals surface area contributed by atoms with E-state index in [1.165, 1.54) is 0 Å². The number of hydrogen-bond acceptors (Lipinski definition) is 2. The molecule has 0 saturated carbocycles. The number of aromatic nitrogens is 1. The maximum absolute atomic E-state index is 6.00. The molecular weight excluding hydrogens is 240 g/mol. The summed E-state index contributed by atoms with van der Waals surface area (Å²) in [5.41, 5.74) is 10.1. The predicted molar refractivity (Wildman–Crippen MR) is 63.3 cm³/mol. The number of hydrogen-bond donors (Lipinski definition) is 1. The molecule has 2 rings (SSSR count). The standard InChI is InChI=1S/C11H11BrN2/c1-6-3-4-7(2)11-9(6)10(13)8(12)5-14-11/h3-5H,1-2H3,(H2,13,14). The van der Waals surface area contributed by atoms with E-state index >= 15 is 0 Å². The Kier molecular flexibility index (Phi) is 2.19. The number of nitrogen functional groups attached to an aromatic ring is 1. The zero-order valence-corrected chi connectivity index (χ0v) is 9.72. The van der Waals surface area contributed by atoms with Crippen LogP contribution < -0.4 is 5.73 Å². The Labute approximate surface area is 91.3 Å². The van der Waals surface area contributed by atoms with Gasteiger partial charge >= 0.3 is 0 Å². The fourth-order valence-electron chi connectivity index (χ4n) is 1.61. The van der Waals surface area contributed by atoms with Gasteiger partial charge in [-0.15, -0.1) is 0 Å². The van der Waals surface area contributed by atoms with Crippen molar-refractivity contribution >= 4 is 32.5 Å². The molecule has 0 aliphatic carbocycles. The normalized spacial score (nSPS) is 10.8. The summed E-state index contributed by atoms with van der Waals surface area (Å²) in [7, 11) is 0. The highest BCUT2D eigenvalue weighted by Crippen LogP contribution is 2.30. The topological polar surface area (TPSA) is 38.9 Å². The second-order valence-corrected chi connectivity index (χ2v) is 4.30. The van der Waals surface area contributed by atoms with Crippen LogP contribution in [-0.2, 0) is 0 Å². The molecule has 1 heterocycles. The second kappa shape index (κ2) is 3.24. The van der Waals surface area contributed by atoms with Gasteiger partial charge in [0.15, 0.2) is 0 Å². The monoisotopic (exact) mass is 250 g/mol. The average molecular weight is 251 g/mol. The minimum Gasteiger partial charge on any atom is -0.397 e. The molecule has 14 heavy (non-hydrogen) atoms. The number of halogens is 1. The molecule has 72 valence electrons. The van der Waals surface area contributed by atoms with E-state index in [9.17, 15) is 0 Å². The van der Waals surface area contributed by atoms with Crippen LogP contribution in [0.3, 0.4) is 0 Å². The van der Waals surface area contributed by atoms with E-state index in [0.29, 0.717) is 0 Å². The molecule has 3 heteroatoms. The lowest BCUT2D eigenvalue weighted by Crippen LogP contribution is -1.94. The molecule has 0 fully saturated rings. The summed E-state index contributed by atoms with van der Waals surface area (Å²) in [4.78, 5) is 4.38. The van der Waals surface area contributed by atoms with Crippen LogP contribution in [0.1, 0.15) is 11.1 Å². The minimum atomic E-state index is 0.774. The number of pyridine rings is 1. The summed E-state index contributed by atoms with van der Waals surface area (Å²) in [6, 6.07) is 4.14. The Balaban J connectivity index is 3.01. The third-order valence-corrected chi connectivity index (χ3v) is 3.05. The van der Waals surface area contributed by atoms with Gasteiger partial charge in [0.05, 0.1) is 15.7 Å². The van der Waals surface area contributed by atoms with E-state index in [1.807, 2.05) is 13.8 Å². The number of nitrogens with zero attached hydrogens (tertiary/aromatic N) is 1. The molecule has 0 unspecified atom stereocenters. The molecule has 2 aromatic rings. The van der Waals surface area contributed by atoms with Gasteiger partial charge in [0, 0.05) is 11.6 Å². The number of fused-ring (bicyclic) bond motifs is 1. The van der Waals surface area contributed by atoms with Crippen molar-refractivity contribution in [2.75, 3.05) is 5.73 Å². The molecule has 2 nitrogen and oxygen atoms in total. The van der Waals surface area contributed by atoms with Crippen LogP contribution in [0.15, 0.2) is 22.8 Å². The van der Waals surface area contributed by atoms with Gasteiger partial charge in [0.2, 0.25) is 0 Å². The van der Waals surface area contributed by atoms with Crippen molar-refractivity contribution in [1.82, 2.24) is 4.98 Å². The third kappa shape index (κ3) is 1.28. The maximum Gasteiger partial charge on any atom is 0.0755 e. The van der Waals surface area contributed by atoms with E-state index in [0.717, 1.165) is 32.2 Å². The van der Waals surface area contributed by atoms with E-state index in [1.54, 1.807) is 6.20 Å².